The number of likely N-dealkylation sites (tertiary alicyclic amines) is 1. The van der Waals surface area contributed by atoms with E-state index in [0.717, 1.165) is 25.9 Å². The fourth-order valence-corrected chi connectivity index (χ4v) is 2.63. The molecule has 0 aromatic heterocycles. The van der Waals surface area contributed by atoms with Crippen LogP contribution in [0, 0.1) is 11.3 Å². The minimum absolute atomic E-state index is 0.174. The summed E-state index contributed by atoms with van der Waals surface area (Å²) in [4.78, 5) is 13.7. The summed E-state index contributed by atoms with van der Waals surface area (Å²) < 4.78 is 10.3. The first-order valence-electron chi connectivity index (χ1n) is 7.05. The van der Waals surface area contributed by atoms with Crippen molar-refractivity contribution in [1.82, 2.24) is 4.90 Å². The second-order valence-corrected chi connectivity index (χ2v) is 5.60. The summed E-state index contributed by atoms with van der Waals surface area (Å²) in [5.74, 6) is -0.478. The lowest BCUT2D eigenvalue weighted by atomic mass is 9.76. The van der Waals surface area contributed by atoms with Gasteiger partial charge in [0.15, 0.2) is 0 Å². The third kappa shape index (κ3) is 4.44. The van der Waals surface area contributed by atoms with E-state index >= 15 is 0 Å². The van der Waals surface area contributed by atoms with Crippen LogP contribution in [0.15, 0.2) is 0 Å². The average molecular weight is 273 g/mol. The van der Waals surface area contributed by atoms with Crippen molar-refractivity contribution >= 4 is 5.97 Å². The molecule has 1 atom stereocenters. The fourth-order valence-electron chi connectivity index (χ4n) is 2.63. The number of rotatable bonds is 9. The molecular formula is C14H27NO4. The Hall–Kier alpha value is -0.650. The Kier molecular flexibility index (Phi) is 6.75. The number of carboxylic acid groups (broad SMARTS) is 1. The summed E-state index contributed by atoms with van der Waals surface area (Å²) in [5, 5.41) is 9.46. The van der Waals surface area contributed by atoms with Gasteiger partial charge >= 0.3 is 5.97 Å². The highest BCUT2D eigenvalue weighted by Crippen LogP contribution is 2.38. The largest absolute Gasteiger partial charge is 0.481 e. The van der Waals surface area contributed by atoms with E-state index in [1.54, 1.807) is 7.11 Å². The van der Waals surface area contributed by atoms with Crippen LogP contribution in [0.2, 0.25) is 0 Å². The summed E-state index contributed by atoms with van der Waals surface area (Å²) in [6, 6.07) is 0. The van der Waals surface area contributed by atoms with E-state index in [9.17, 15) is 9.90 Å². The number of aliphatic carboxylic acids is 1. The molecule has 1 saturated heterocycles. The van der Waals surface area contributed by atoms with Gasteiger partial charge in [-0.2, -0.15) is 0 Å². The maximum atomic E-state index is 11.5. The van der Waals surface area contributed by atoms with Crippen molar-refractivity contribution < 1.29 is 19.4 Å². The van der Waals surface area contributed by atoms with Gasteiger partial charge in [0, 0.05) is 26.8 Å². The number of nitrogens with zero attached hydrogens (tertiary/aromatic N) is 1. The lowest BCUT2D eigenvalue weighted by Crippen LogP contribution is -2.39. The molecule has 0 aliphatic carbocycles. The van der Waals surface area contributed by atoms with Crippen molar-refractivity contribution in [3.05, 3.63) is 0 Å². The summed E-state index contributed by atoms with van der Waals surface area (Å²) in [6.45, 7) is 8.43. The zero-order chi connectivity index (χ0) is 14.3. The zero-order valence-electron chi connectivity index (χ0n) is 12.4. The van der Waals surface area contributed by atoms with Crippen LogP contribution in [0.25, 0.3) is 0 Å². The van der Waals surface area contributed by atoms with Gasteiger partial charge in [-0.3, -0.25) is 4.79 Å². The van der Waals surface area contributed by atoms with Crippen LogP contribution in [0.1, 0.15) is 26.7 Å². The van der Waals surface area contributed by atoms with Crippen molar-refractivity contribution in [3.8, 4) is 0 Å². The molecule has 1 aliphatic heterocycles. The molecule has 0 aromatic rings. The average Bonchev–Trinajstić information content (AvgIpc) is 2.79. The Morgan fingerprint density at radius 1 is 1.37 bits per heavy atom. The van der Waals surface area contributed by atoms with Crippen LogP contribution in [0.3, 0.4) is 0 Å². The quantitative estimate of drug-likeness (QED) is 0.645. The van der Waals surface area contributed by atoms with Crippen molar-refractivity contribution in [3.63, 3.8) is 0 Å². The standard InChI is InChI=1S/C14H27NO4/c1-12(2)14(13(16)17)5-7-15(11-14)6-4-8-19-10-9-18-3/h12H,4-11H2,1-3H3,(H,16,17). The SMILES string of the molecule is COCCOCCCN1CCC(C(=O)O)(C(C)C)C1. The molecular weight excluding hydrogens is 246 g/mol. The third-order valence-electron chi connectivity index (χ3n) is 4.11. The van der Waals surface area contributed by atoms with E-state index < -0.39 is 11.4 Å². The second kappa shape index (κ2) is 7.82. The van der Waals surface area contributed by atoms with Crippen molar-refractivity contribution in [1.29, 1.82) is 0 Å². The van der Waals surface area contributed by atoms with Crippen LogP contribution < -0.4 is 0 Å². The molecule has 1 rings (SSSR count). The molecule has 1 heterocycles. The Morgan fingerprint density at radius 3 is 2.63 bits per heavy atom. The molecule has 0 spiro atoms. The second-order valence-electron chi connectivity index (χ2n) is 5.60. The van der Waals surface area contributed by atoms with Crippen molar-refractivity contribution in [2.75, 3.05) is 46.6 Å². The summed E-state index contributed by atoms with van der Waals surface area (Å²) >= 11 is 0. The van der Waals surface area contributed by atoms with Gasteiger partial charge in [0.05, 0.1) is 18.6 Å². The van der Waals surface area contributed by atoms with Crippen molar-refractivity contribution in [2.45, 2.75) is 26.7 Å². The molecule has 1 unspecified atom stereocenters. The molecule has 0 radical (unpaired) electrons. The minimum Gasteiger partial charge on any atom is -0.481 e. The molecule has 1 N–H and O–H groups in total. The van der Waals surface area contributed by atoms with Crippen LogP contribution in [0.5, 0.6) is 0 Å². The number of hydrogen-bond acceptors (Lipinski definition) is 4. The highest BCUT2D eigenvalue weighted by molar-refractivity contribution is 5.75. The van der Waals surface area contributed by atoms with Gasteiger partial charge in [-0.05, 0) is 25.3 Å². The molecule has 0 aromatic carbocycles. The minimum atomic E-state index is -0.652. The van der Waals surface area contributed by atoms with Gasteiger partial charge in [-0.1, -0.05) is 13.8 Å². The first-order valence-corrected chi connectivity index (χ1v) is 7.05. The zero-order valence-corrected chi connectivity index (χ0v) is 12.4. The molecule has 0 saturated carbocycles. The van der Waals surface area contributed by atoms with Gasteiger partial charge < -0.3 is 19.5 Å². The van der Waals surface area contributed by atoms with E-state index in [4.69, 9.17) is 9.47 Å². The van der Waals surface area contributed by atoms with Crippen LogP contribution >= 0.6 is 0 Å². The van der Waals surface area contributed by atoms with Crippen molar-refractivity contribution in [2.24, 2.45) is 11.3 Å². The first kappa shape index (κ1) is 16.4. The van der Waals surface area contributed by atoms with E-state index in [-0.39, 0.29) is 5.92 Å². The van der Waals surface area contributed by atoms with Gasteiger partial charge in [0.2, 0.25) is 0 Å². The maximum absolute atomic E-state index is 11.5. The first-order chi connectivity index (χ1) is 9.03. The highest BCUT2D eigenvalue weighted by Gasteiger charge is 2.46. The number of hydrogen-bond donors (Lipinski definition) is 1. The molecule has 19 heavy (non-hydrogen) atoms. The molecule has 0 amide bonds. The third-order valence-corrected chi connectivity index (χ3v) is 4.11. The Bertz CT molecular complexity index is 283. The smallest absolute Gasteiger partial charge is 0.311 e. The predicted octanol–water partition coefficient (Wildman–Crippen LogP) is 1.47. The number of methoxy groups -OCH3 is 1. The summed E-state index contributed by atoms with van der Waals surface area (Å²) in [5.41, 5.74) is -0.559. The molecule has 5 nitrogen and oxygen atoms in total. The molecule has 5 heteroatoms. The highest BCUT2D eigenvalue weighted by atomic mass is 16.5. The van der Waals surface area contributed by atoms with Crippen LogP contribution in [-0.2, 0) is 14.3 Å². The summed E-state index contributed by atoms with van der Waals surface area (Å²) in [7, 11) is 1.66. The van der Waals surface area contributed by atoms with Gasteiger partial charge in [-0.15, -0.1) is 0 Å². The fraction of sp³-hybridized carbons (Fsp3) is 0.929. The van der Waals surface area contributed by atoms with Crippen LogP contribution in [-0.4, -0.2) is 62.5 Å². The van der Waals surface area contributed by atoms with E-state index in [0.29, 0.717) is 26.4 Å². The Labute approximate surface area is 115 Å². The monoisotopic (exact) mass is 273 g/mol. The van der Waals surface area contributed by atoms with Gasteiger partial charge in [0.1, 0.15) is 0 Å². The molecule has 1 aliphatic rings. The van der Waals surface area contributed by atoms with Crippen LogP contribution in [0.4, 0.5) is 0 Å². The predicted molar refractivity (Wildman–Crippen MR) is 73.3 cm³/mol. The Morgan fingerprint density at radius 2 is 2.11 bits per heavy atom. The maximum Gasteiger partial charge on any atom is 0.311 e. The molecule has 1 fully saturated rings. The van der Waals surface area contributed by atoms with E-state index in [1.807, 2.05) is 13.8 Å². The lowest BCUT2D eigenvalue weighted by molar-refractivity contribution is -0.151. The number of carboxylic acids is 1. The normalized spacial score (nSPS) is 24.2. The number of carbonyl (C=O) groups is 1. The lowest BCUT2D eigenvalue weighted by Gasteiger charge is -2.28. The summed E-state index contributed by atoms with van der Waals surface area (Å²) in [6.07, 6.45) is 1.70. The van der Waals surface area contributed by atoms with E-state index in [1.165, 1.54) is 0 Å². The molecule has 112 valence electrons. The van der Waals surface area contributed by atoms with Gasteiger partial charge in [0.25, 0.3) is 0 Å². The van der Waals surface area contributed by atoms with Gasteiger partial charge in [-0.25, -0.2) is 0 Å². The number of ether oxygens (including phenoxy) is 2. The molecule has 0 bridgehead atoms. The van der Waals surface area contributed by atoms with E-state index in [2.05, 4.69) is 4.90 Å². The topological polar surface area (TPSA) is 59.0 Å². The Balaban J connectivity index is 2.26.